The molecule has 0 aliphatic heterocycles. The van der Waals surface area contributed by atoms with Crippen LogP contribution in [0.15, 0.2) is 109 Å². The molecule has 8 nitrogen and oxygen atoms in total. The van der Waals surface area contributed by atoms with Gasteiger partial charge in [0.15, 0.2) is 0 Å². The van der Waals surface area contributed by atoms with E-state index in [9.17, 15) is 19.4 Å². The Bertz CT molecular complexity index is 1860. The number of amides is 1. The average Bonchev–Trinajstić information content (AvgIpc) is 3.59. The van der Waals surface area contributed by atoms with Crippen molar-refractivity contribution < 1.29 is 32.9 Å². The lowest BCUT2D eigenvalue weighted by molar-refractivity contribution is -0.870. The zero-order valence-electron chi connectivity index (χ0n) is 60.6. The number of rotatable bonds is 71. The van der Waals surface area contributed by atoms with Crippen LogP contribution in [0.1, 0.15) is 354 Å². The Morgan fingerprint density at radius 3 is 0.967 bits per heavy atom. The smallest absolute Gasteiger partial charge is 0.391 e. The van der Waals surface area contributed by atoms with Gasteiger partial charge in [0.05, 0.1) is 39.9 Å². The van der Waals surface area contributed by atoms with E-state index in [2.05, 4.69) is 129 Å². The van der Waals surface area contributed by atoms with Crippen molar-refractivity contribution >= 4 is 13.7 Å². The van der Waals surface area contributed by atoms with Crippen molar-refractivity contribution in [2.75, 3.05) is 40.9 Å². The van der Waals surface area contributed by atoms with E-state index in [0.717, 1.165) is 96.3 Å². The molecule has 0 bridgehead atoms. The molecular weight excluding hydrogens is 1140 g/mol. The van der Waals surface area contributed by atoms with Crippen molar-refractivity contribution in [2.24, 2.45) is 0 Å². The van der Waals surface area contributed by atoms with E-state index in [4.69, 9.17) is 9.05 Å². The third-order valence-corrected chi connectivity index (χ3v) is 18.3. The number of hydrogen-bond donors (Lipinski definition) is 3. The second kappa shape index (κ2) is 71.5. The number of phosphoric ester groups is 1. The summed E-state index contributed by atoms with van der Waals surface area (Å²) in [6.07, 6.45) is 105. The summed E-state index contributed by atoms with van der Waals surface area (Å²) < 4.78 is 23.9. The summed E-state index contributed by atoms with van der Waals surface area (Å²) in [7, 11) is 1.62. The minimum Gasteiger partial charge on any atom is -0.391 e. The highest BCUT2D eigenvalue weighted by molar-refractivity contribution is 7.47. The summed E-state index contributed by atoms with van der Waals surface area (Å²) in [4.78, 5) is 23.5. The molecule has 3 N–H and O–H groups in total. The lowest BCUT2D eigenvalue weighted by Gasteiger charge is -2.26. The van der Waals surface area contributed by atoms with E-state index >= 15 is 0 Å². The molecule has 9 heteroatoms. The summed E-state index contributed by atoms with van der Waals surface area (Å²) in [5, 5.41) is 14.2. The zero-order valence-corrected chi connectivity index (χ0v) is 61.5. The topological polar surface area (TPSA) is 105 Å². The maximum absolute atomic E-state index is 13.1. The van der Waals surface area contributed by atoms with Gasteiger partial charge in [-0.05, 0) is 83.5 Å². The van der Waals surface area contributed by atoms with E-state index in [1.807, 2.05) is 21.1 Å². The molecule has 0 aromatic carbocycles. The van der Waals surface area contributed by atoms with Gasteiger partial charge in [-0.3, -0.25) is 13.8 Å². The summed E-state index contributed by atoms with van der Waals surface area (Å²) in [5.74, 6) is -0.144. The number of quaternary nitrogens is 1. The molecule has 1 amide bonds. The van der Waals surface area contributed by atoms with Gasteiger partial charge in [0, 0.05) is 6.42 Å². The predicted octanol–water partition coefficient (Wildman–Crippen LogP) is 25.4. The SMILES string of the molecule is CC/C=C\C/C=C\C/C=C\C/C=C\C/C=C\C/C=C\C/C=C\C/C=C\C/C=C\CCCCCCCCCCCCCCCC(=O)NC(COP(=O)(O)OCC[N+](C)(C)C)C(O)CCCCCCCCCCCCCCCCCCCCCCCCCCCCCC. The molecule has 0 aromatic heterocycles. The molecule has 0 rings (SSSR count). The fourth-order valence-corrected chi connectivity index (χ4v) is 12.1. The number of unbranched alkanes of at least 4 members (excludes halogenated alkanes) is 40. The van der Waals surface area contributed by atoms with Crippen LogP contribution in [0.25, 0.3) is 0 Å². The molecule has 0 fully saturated rings. The van der Waals surface area contributed by atoms with Crippen LogP contribution in [0.4, 0.5) is 0 Å². The summed E-state index contributed by atoms with van der Waals surface area (Å²) in [6.45, 7) is 4.81. The van der Waals surface area contributed by atoms with Crippen molar-refractivity contribution in [1.82, 2.24) is 5.32 Å². The molecule has 0 spiro atoms. The maximum atomic E-state index is 13.1. The highest BCUT2D eigenvalue weighted by atomic mass is 31.2. The van der Waals surface area contributed by atoms with Gasteiger partial charge >= 0.3 is 7.82 Å². The standard InChI is InChI=1S/C82H149N2O6P/c1-6-8-10-12-14-16-18-20-22-24-26-28-30-32-34-36-37-38-39-40-41-42-43-44-45-46-47-48-50-52-54-56-58-60-62-64-66-68-70-72-74-76-82(86)83-80(79-90-91(87,88)89-78-77-84(3,4)5)81(85)75-73-71-69-67-65-63-61-59-57-55-53-51-49-35-33-31-29-27-25-23-21-19-17-15-13-11-9-7-2/h8,10,14,16,20,22,26,28,32,34,37-38,40-41,43-44,46-47,80-81,85H,6-7,9,11-13,15,17-19,21,23-25,27,29-31,33,35-36,39,42,45,48-79H2,1-5H3,(H-,83,86,87,88)/p+1/b10-8-,16-14-,22-20-,28-26-,34-32-,38-37-,41-40-,44-43-,47-46-. The van der Waals surface area contributed by atoms with E-state index in [0.29, 0.717) is 23.9 Å². The van der Waals surface area contributed by atoms with Crippen LogP contribution in [0.5, 0.6) is 0 Å². The van der Waals surface area contributed by atoms with Gasteiger partial charge in [-0.15, -0.1) is 0 Å². The molecule has 0 aliphatic carbocycles. The number of hydrogen-bond acceptors (Lipinski definition) is 5. The first kappa shape index (κ1) is 88.2. The molecular formula is C82H150N2O6P+. The van der Waals surface area contributed by atoms with Crippen LogP contribution in [0, 0.1) is 0 Å². The molecule has 3 atom stereocenters. The summed E-state index contributed by atoms with van der Waals surface area (Å²) >= 11 is 0. The quantitative estimate of drug-likeness (QED) is 0.0243. The van der Waals surface area contributed by atoms with Crippen molar-refractivity contribution in [3.63, 3.8) is 0 Å². The van der Waals surface area contributed by atoms with E-state index in [1.165, 1.54) is 231 Å². The molecule has 0 saturated heterocycles. The molecule has 0 aromatic rings. The largest absolute Gasteiger partial charge is 0.472 e. The number of allylic oxidation sites excluding steroid dienone is 18. The Morgan fingerprint density at radius 1 is 0.385 bits per heavy atom. The molecule has 91 heavy (non-hydrogen) atoms. The third kappa shape index (κ3) is 74.4. The Morgan fingerprint density at radius 2 is 0.659 bits per heavy atom. The number of phosphoric acid groups is 1. The monoisotopic (exact) mass is 1290 g/mol. The summed E-state index contributed by atoms with van der Waals surface area (Å²) in [6, 6.07) is -0.769. The van der Waals surface area contributed by atoms with Crippen molar-refractivity contribution in [3.8, 4) is 0 Å². The van der Waals surface area contributed by atoms with Gasteiger partial charge in [-0.2, -0.15) is 0 Å². The fraction of sp³-hybridized carbons (Fsp3) is 0.768. The lowest BCUT2D eigenvalue weighted by atomic mass is 10.0. The molecule has 3 unspecified atom stereocenters. The highest BCUT2D eigenvalue weighted by Gasteiger charge is 2.28. The number of aliphatic hydroxyl groups excluding tert-OH is 1. The normalized spacial score (nSPS) is 14.1. The Labute approximate surface area is 565 Å². The van der Waals surface area contributed by atoms with Crippen LogP contribution < -0.4 is 5.32 Å². The van der Waals surface area contributed by atoms with Gasteiger partial charge in [0.2, 0.25) is 5.91 Å². The number of aliphatic hydroxyl groups is 1. The first-order chi connectivity index (χ1) is 44.5. The number of nitrogens with zero attached hydrogens (tertiary/aromatic N) is 1. The van der Waals surface area contributed by atoms with Gasteiger partial charge in [-0.1, -0.05) is 374 Å². The van der Waals surface area contributed by atoms with Gasteiger partial charge in [0.25, 0.3) is 0 Å². The molecule has 0 heterocycles. The molecule has 0 aliphatic rings. The van der Waals surface area contributed by atoms with Crippen LogP contribution in [0.3, 0.4) is 0 Å². The minimum atomic E-state index is -4.34. The van der Waals surface area contributed by atoms with Crippen LogP contribution in [-0.2, 0) is 18.4 Å². The second-order valence-corrected chi connectivity index (χ2v) is 28.8. The Balaban J connectivity index is 4.01. The van der Waals surface area contributed by atoms with E-state index < -0.39 is 20.0 Å². The third-order valence-electron chi connectivity index (χ3n) is 17.3. The van der Waals surface area contributed by atoms with Crippen LogP contribution in [0.2, 0.25) is 0 Å². The minimum absolute atomic E-state index is 0.0718. The van der Waals surface area contributed by atoms with Crippen molar-refractivity contribution in [1.29, 1.82) is 0 Å². The number of nitrogens with one attached hydrogen (secondary N) is 1. The van der Waals surface area contributed by atoms with Crippen molar-refractivity contribution in [2.45, 2.75) is 366 Å². The number of carbonyl (C=O) groups is 1. The second-order valence-electron chi connectivity index (χ2n) is 27.4. The summed E-state index contributed by atoms with van der Waals surface area (Å²) in [5.41, 5.74) is 0. The van der Waals surface area contributed by atoms with Crippen LogP contribution in [-0.4, -0.2) is 73.4 Å². The zero-order chi connectivity index (χ0) is 66.2. The Kier molecular flexibility index (Phi) is 69.2. The molecule has 528 valence electrons. The van der Waals surface area contributed by atoms with E-state index in [1.54, 1.807) is 0 Å². The molecule has 0 saturated carbocycles. The predicted molar refractivity (Wildman–Crippen MR) is 401 cm³/mol. The highest BCUT2D eigenvalue weighted by Crippen LogP contribution is 2.43. The first-order valence-electron chi connectivity index (χ1n) is 38.8. The Hall–Kier alpha value is -2.84. The van der Waals surface area contributed by atoms with Gasteiger partial charge < -0.3 is 19.8 Å². The fourth-order valence-electron chi connectivity index (χ4n) is 11.3. The first-order valence-corrected chi connectivity index (χ1v) is 40.2. The number of likely N-dealkylation sites (N-methyl/N-ethyl adjacent to an activating group) is 1. The van der Waals surface area contributed by atoms with E-state index in [-0.39, 0.29) is 19.1 Å². The maximum Gasteiger partial charge on any atom is 0.472 e. The van der Waals surface area contributed by atoms with Gasteiger partial charge in [0.1, 0.15) is 13.2 Å². The lowest BCUT2D eigenvalue weighted by Crippen LogP contribution is -2.46. The number of carbonyl (C=O) groups excluding carboxylic acids is 1. The van der Waals surface area contributed by atoms with Crippen LogP contribution >= 0.6 is 7.82 Å². The van der Waals surface area contributed by atoms with Gasteiger partial charge in [-0.25, -0.2) is 4.57 Å². The van der Waals surface area contributed by atoms with Crippen molar-refractivity contribution in [3.05, 3.63) is 109 Å². The average molecular weight is 1290 g/mol. The molecule has 0 radical (unpaired) electrons.